The summed E-state index contributed by atoms with van der Waals surface area (Å²) in [5.74, 6) is -2.25. The van der Waals surface area contributed by atoms with E-state index in [9.17, 15) is 19.5 Å². The second kappa shape index (κ2) is 6.21. The van der Waals surface area contributed by atoms with Gasteiger partial charge in [0, 0.05) is 13.0 Å². The fourth-order valence-corrected chi connectivity index (χ4v) is 2.11. The minimum absolute atomic E-state index is 0.0372. The molecule has 114 valence electrons. The lowest BCUT2D eigenvalue weighted by Crippen LogP contribution is -2.57. The minimum atomic E-state index is -1.16. The zero-order valence-corrected chi connectivity index (χ0v) is 12.2. The smallest absolute Gasteiger partial charge is 0.410 e. The Morgan fingerprint density at radius 3 is 2.45 bits per heavy atom. The third-order valence-electron chi connectivity index (χ3n) is 3.00. The van der Waals surface area contributed by atoms with Gasteiger partial charge in [0.1, 0.15) is 11.5 Å². The fraction of sp³-hybridized carbons (Fsp3) is 0.769. The molecule has 1 heterocycles. The molecule has 2 atom stereocenters. The number of rotatable bonds is 2. The number of nitrogens with zero attached hydrogens (tertiary/aromatic N) is 1. The Bertz CT molecular complexity index is 392. The molecule has 0 bridgehead atoms. The number of hydrogen-bond acceptors (Lipinski definition) is 6. The number of ketones is 1. The van der Waals surface area contributed by atoms with E-state index >= 15 is 0 Å². The summed E-state index contributed by atoms with van der Waals surface area (Å²) in [6.45, 7) is 4.75. The number of carbonyl (C=O) groups excluding carboxylic acids is 3. The van der Waals surface area contributed by atoms with E-state index < -0.39 is 36.2 Å². The van der Waals surface area contributed by atoms with Gasteiger partial charge in [0.25, 0.3) is 0 Å². The van der Waals surface area contributed by atoms with E-state index in [0.717, 1.165) is 7.11 Å². The number of esters is 1. The third-order valence-corrected chi connectivity index (χ3v) is 3.00. The van der Waals surface area contributed by atoms with Gasteiger partial charge in [-0.15, -0.1) is 0 Å². The van der Waals surface area contributed by atoms with Crippen molar-refractivity contribution in [2.45, 2.75) is 38.8 Å². The standard InChI is InChI=1S/C13H21NO6/c1-13(2,3)20-12(18)14-6-5-9(16)10(8(14)7-15)11(17)19-4/h8,10,15H,5-7H2,1-4H3/t8-,10?/m1/s1. The topological polar surface area (TPSA) is 93.1 Å². The van der Waals surface area contributed by atoms with Crippen molar-refractivity contribution >= 4 is 17.8 Å². The van der Waals surface area contributed by atoms with Gasteiger partial charge in [-0.2, -0.15) is 0 Å². The van der Waals surface area contributed by atoms with Gasteiger partial charge >= 0.3 is 12.1 Å². The lowest BCUT2D eigenvalue weighted by molar-refractivity contribution is -0.155. The summed E-state index contributed by atoms with van der Waals surface area (Å²) in [6, 6.07) is -0.946. The predicted molar refractivity (Wildman–Crippen MR) is 68.9 cm³/mol. The Hall–Kier alpha value is -1.63. The van der Waals surface area contributed by atoms with E-state index in [1.807, 2.05) is 0 Å². The fourth-order valence-electron chi connectivity index (χ4n) is 2.11. The second-order valence-corrected chi connectivity index (χ2v) is 5.64. The van der Waals surface area contributed by atoms with Crippen LogP contribution in [-0.2, 0) is 19.1 Å². The Labute approximate surface area is 117 Å². The number of methoxy groups -OCH3 is 1. The molecule has 0 aliphatic carbocycles. The highest BCUT2D eigenvalue weighted by Gasteiger charge is 2.45. The largest absolute Gasteiger partial charge is 0.468 e. The Kier molecular flexibility index (Phi) is 5.10. The summed E-state index contributed by atoms with van der Waals surface area (Å²) in [7, 11) is 1.16. The Morgan fingerprint density at radius 2 is 2.00 bits per heavy atom. The first-order valence-electron chi connectivity index (χ1n) is 6.42. The molecular formula is C13H21NO6. The van der Waals surface area contributed by atoms with Crippen molar-refractivity contribution in [3.63, 3.8) is 0 Å². The van der Waals surface area contributed by atoms with Gasteiger partial charge in [-0.25, -0.2) is 4.79 Å². The zero-order chi connectivity index (χ0) is 15.5. The van der Waals surface area contributed by atoms with Crippen molar-refractivity contribution in [3.05, 3.63) is 0 Å². The normalized spacial score (nSPS) is 23.4. The first-order valence-corrected chi connectivity index (χ1v) is 6.42. The van der Waals surface area contributed by atoms with E-state index in [1.54, 1.807) is 20.8 Å². The molecule has 1 saturated heterocycles. The van der Waals surface area contributed by atoms with Gasteiger partial charge in [0.15, 0.2) is 5.78 Å². The molecule has 1 N–H and O–H groups in total. The number of Topliss-reactive ketones (excluding diaryl/α,β-unsaturated/α-hetero) is 1. The molecule has 0 aromatic rings. The Morgan fingerprint density at radius 1 is 1.40 bits per heavy atom. The van der Waals surface area contributed by atoms with Gasteiger partial charge in [0.05, 0.1) is 19.8 Å². The highest BCUT2D eigenvalue weighted by molar-refractivity contribution is 6.01. The summed E-state index contributed by atoms with van der Waals surface area (Å²) in [6.07, 6.45) is -0.617. The van der Waals surface area contributed by atoms with Crippen LogP contribution in [0.2, 0.25) is 0 Å². The van der Waals surface area contributed by atoms with Crippen LogP contribution in [0.25, 0.3) is 0 Å². The van der Waals surface area contributed by atoms with Crippen molar-refractivity contribution in [1.29, 1.82) is 0 Å². The Balaban J connectivity index is 2.94. The van der Waals surface area contributed by atoms with Crippen LogP contribution in [0.15, 0.2) is 0 Å². The summed E-state index contributed by atoms with van der Waals surface area (Å²) >= 11 is 0. The van der Waals surface area contributed by atoms with Crippen molar-refractivity contribution in [2.24, 2.45) is 5.92 Å². The summed E-state index contributed by atoms with van der Waals surface area (Å²) in [4.78, 5) is 36.8. The van der Waals surface area contributed by atoms with E-state index in [0.29, 0.717) is 0 Å². The minimum Gasteiger partial charge on any atom is -0.468 e. The molecule has 0 radical (unpaired) electrons. The van der Waals surface area contributed by atoms with E-state index in [2.05, 4.69) is 4.74 Å². The van der Waals surface area contributed by atoms with Crippen molar-refractivity contribution in [3.8, 4) is 0 Å². The number of likely N-dealkylation sites (tertiary alicyclic amines) is 1. The second-order valence-electron chi connectivity index (χ2n) is 5.64. The van der Waals surface area contributed by atoms with Crippen LogP contribution in [0, 0.1) is 5.92 Å². The SMILES string of the molecule is COC(=O)C1C(=O)CCN(C(=O)OC(C)(C)C)[C@@H]1CO. The van der Waals surface area contributed by atoms with Gasteiger partial charge in [0.2, 0.25) is 0 Å². The van der Waals surface area contributed by atoms with Crippen LogP contribution in [0.3, 0.4) is 0 Å². The average molecular weight is 287 g/mol. The van der Waals surface area contributed by atoms with Gasteiger partial charge < -0.3 is 19.5 Å². The quantitative estimate of drug-likeness (QED) is 0.582. The third kappa shape index (κ3) is 3.69. The molecule has 1 aliphatic rings. The molecule has 1 fully saturated rings. The molecule has 20 heavy (non-hydrogen) atoms. The molecule has 0 aromatic heterocycles. The van der Waals surface area contributed by atoms with Crippen molar-refractivity contribution in [1.82, 2.24) is 4.90 Å². The zero-order valence-electron chi connectivity index (χ0n) is 12.2. The number of piperidine rings is 1. The van der Waals surface area contributed by atoms with E-state index in [4.69, 9.17) is 4.74 Å². The predicted octanol–water partition coefficient (Wildman–Crippen LogP) is 0.346. The number of aliphatic hydroxyl groups is 1. The van der Waals surface area contributed by atoms with Crippen LogP contribution in [0.4, 0.5) is 4.79 Å². The molecule has 1 amide bonds. The number of hydrogen-bond donors (Lipinski definition) is 1. The molecule has 7 nitrogen and oxygen atoms in total. The first kappa shape index (κ1) is 16.4. The molecule has 7 heteroatoms. The highest BCUT2D eigenvalue weighted by atomic mass is 16.6. The number of aliphatic hydroxyl groups excluding tert-OH is 1. The van der Waals surface area contributed by atoms with Crippen LogP contribution >= 0.6 is 0 Å². The highest BCUT2D eigenvalue weighted by Crippen LogP contribution is 2.24. The molecular weight excluding hydrogens is 266 g/mol. The maximum absolute atomic E-state index is 12.1. The van der Waals surface area contributed by atoms with Crippen LogP contribution in [-0.4, -0.2) is 59.8 Å². The summed E-state index contributed by atoms with van der Waals surface area (Å²) in [5.41, 5.74) is -0.695. The molecule has 1 unspecified atom stereocenters. The maximum Gasteiger partial charge on any atom is 0.410 e. The van der Waals surface area contributed by atoms with Gasteiger partial charge in [-0.1, -0.05) is 0 Å². The van der Waals surface area contributed by atoms with Crippen LogP contribution in [0.1, 0.15) is 27.2 Å². The first-order chi connectivity index (χ1) is 9.21. The van der Waals surface area contributed by atoms with Crippen LogP contribution in [0.5, 0.6) is 0 Å². The lowest BCUT2D eigenvalue weighted by Gasteiger charge is -2.38. The molecule has 0 aromatic carbocycles. The van der Waals surface area contributed by atoms with E-state index in [1.165, 1.54) is 4.90 Å². The summed E-state index contributed by atoms with van der Waals surface area (Å²) in [5, 5.41) is 9.43. The number of carbonyl (C=O) groups is 3. The summed E-state index contributed by atoms with van der Waals surface area (Å²) < 4.78 is 9.79. The molecule has 0 saturated carbocycles. The molecule has 1 aliphatic heterocycles. The average Bonchev–Trinajstić information content (AvgIpc) is 2.35. The monoisotopic (exact) mass is 287 g/mol. The number of ether oxygens (including phenoxy) is 2. The molecule has 0 spiro atoms. The maximum atomic E-state index is 12.1. The van der Waals surface area contributed by atoms with E-state index in [-0.39, 0.29) is 18.7 Å². The lowest BCUT2D eigenvalue weighted by atomic mass is 9.88. The number of amides is 1. The van der Waals surface area contributed by atoms with Crippen LogP contribution < -0.4 is 0 Å². The van der Waals surface area contributed by atoms with Crippen molar-refractivity contribution in [2.75, 3.05) is 20.3 Å². The van der Waals surface area contributed by atoms with Crippen molar-refractivity contribution < 1.29 is 29.0 Å². The molecule has 1 rings (SSSR count). The van der Waals surface area contributed by atoms with Gasteiger partial charge in [-0.3, -0.25) is 9.59 Å². The van der Waals surface area contributed by atoms with Gasteiger partial charge in [-0.05, 0) is 20.8 Å².